The molecule has 0 aliphatic rings. The molecule has 0 saturated carbocycles. The van der Waals surface area contributed by atoms with Gasteiger partial charge in [0.05, 0.1) is 11.4 Å². The second-order valence-electron chi connectivity index (χ2n) is 4.10. The van der Waals surface area contributed by atoms with Crippen molar-refractivity contribution in [1.29, 1.82) is 0 Å². The Kier molecular flexibility index (Phi) is 3.38. The van der Waals surface area contributed by atoms with Crippen molar-refractivity contribution >= 4 is 33.0 Å². The van der Waals surface area contributed by atoms with Gasteiger partial charge in [0.1, 0.15) is 0 Å². The zero-order valence-corrected chi connectivity index (χ0v) is 11.5. The maximum atomic E-state index is 6.01. The van der Waals surface area contributed by atoms with Crippen LogP contribution in [0.5, 0.6) is 0 Å². The molecule has 0 spiro atoms. The first-order valence-corrected chi connectivity index (χ1v) is 6.22. The Morgan fingerprint density at radius 1 is 1.12 bits per heavy atom. The maximum Gasteiger partial charge on any atom is 0.0644 e. The predicted octanol–water partition coefficient (Wildman–Crippen LogP) is 4.11. The summed E-state index contributed by atoms with van der Waals surface area (Å²) < 4.78 is 1.06. The summed E-state index contributed by atoms with van der Waals surface area (Å²) in [6, 6.07) is 14.2. The monoisotopic (exact) mass is 290 g/mol. The van der Waals surface area contributed by atoms with Crippen molar-refractivity contribution in [3.05, 3.63) is 52.5 Å². The van der Waals surface area contributed by atoms with Gasteiger partial charge in [-0.25, -0.2) is 0 Å². The number of anilines is 3. The molecule has 0 saturated heterocycles. The number of benzene rings is 2. The number of aryl methyl sites for hydroxylation is 1. The zero-order valence-electron chi connectivity index (χ0n) is 9.94. The highest BCUT2D eigenvalue weighted by molar-refractivity contribution is 9.10. The Balaban J connectivity index is 2.43. The number of rotatable bonds is 2. The molecule has 2 nitrogen and oxygen atoms in total. The lowest BCUT2D eigenvalue weighted by atomic mass is 10.1. The molecule has 2 rings (SSSR count). The van der Waals surface area contributed by atoms with Crippen LogP contribution in [0.15, 0.2) is 46.9 Å². The van der Waals surface area contributed by atoms with Crippen molar-refractivity contribution in [1.82, 2.24) is 0 Å². The van der Waals surface area contributed by atoms with E-state index in [-0.39, 0.29) is 0 Å². The predicted molar refractivity (Wildman–Crippen MR) is 77.8 cm³/mol. The average Bonchev–Trinajstić information content (AvgIpc) is 2.31. The quantitative estimate of drug-likeness (QED) is 0.844. The third-order valence-electron chi connectivity index (χ3n) is 2.74. The van der Waals surface area contributed by atoms with Crippen LogP contribution in [-0.4, -0.2) is 7.05 Å². The number of hydrogen-bond acceptors (Lipinski definition) is 2. The smallest absolute Gasteiger partial charge is 0.0644 e. The Morgan fingerprint density at radius 3 is 2.59 bits per heavy atom. The molecule has 88 valence electrons. The summed E-state index contributed by atoms with van der Waals surface area (Å²) in [5, 5.41) is 0. The van der Waals surface area contributed by atoms with E-state index in [4.69, 9.17) is 5.73 Å². The van der Waals surface area contributed by atoms with Gasteiger partial charge in [-0.3, -0.25) is 0 Å². The van der Waals surface area contributed by atoms with E-state index >= 15 is 0 Å². The molecule has 2 aromatic rings. The van der Waals surface area contributed by atoms with Crippen molar-refractivity contribution in [3.8, 4) is 0 Å². The van der Waals surface area contributed by atoms with Crippen molar-refractivity contribution < 1.29 is 0 Å². The molecule has 0 atom stereocenters. The van der Waals surface area contributed by atoms with Crippen molar-refractivity contribution in [2.45, 2.75) is 6.92 Å². The van der Waals surface area contributed by atoms with E-state index in [1.807, 2.05) is 31.3 Å². The molecule has 2 aromatic carbocycles. The van der Waals surface area contributed by atoms with Crippen LogP contribution in [0.4, 0.5) is 17.1 Å². The fourth-order valence-corrected chi connectivity index (χ4v) is 2.16. The third-order valence-corrected chi connectivity index (χ3v) is 3.24. The van der Waals surface area contributed by atoms with Gasteiger partial charge in [0.15, 0.2) is 0 Å². The van der Waals surface area contributed by atoms with Gasteiger partial charge in [0.25, 0.3) is 0 Å². The molecule has 0 aliphatic carbocycles. The van der Waals surface area contributed by atoms with Gasteiger partial charge < -0.3 is 10.6 Å². The molecule has 0 amide bonds. The van der Waals surface area contributed by atoms with Crippen LogP contribution in [-0.2, 0) is 0 Å². The number of nitrogens with two attached hydrogens (primary N) is 1. The largest absolute Gasteiger partial charge is 0.397 e. The zero-order chi connectivity index (χ0) is 12.4. The minimum atomic E-state index is 0.790. The topological polar surface area (TPSA) is 29.3 Å². The van der Waals surface area contributed by atoms with E-state index in [1.165, 1.54) is 5.56 Å². The minimum Gasteiger partial charge on any atom is -0.397 e. The van der Waals surface area contributed by atoms with Crippen molar-refractivity contribution in [2.24, 2.45) is 0 Å². The summed E-state index contributed by atoms with van der Waals surface area (Å²) in [6.45, 7) is 2.07. The SMILES string of the molecule is Cc1ccc(N)c(N(C)c2cccc(Br)c2)c1. The standard InChI is InChI=1S/C14H15BrN2/c1-10-6-7-13(16)14(8-10)17(2)12-5-3-4-11(15)9-12/h3-9H,16H2,1-2H3. The number of hydrogen-bond donors (Lipinski definition) is 1. The second kappa shape index (κ2) is 4.80. The maximum absolute atomic E-state index is 6.01. The van der Waals surface area contributed by atoms with Gasteiger partial charge in [-0.05, 0) is 42.8 Å². The van der Waals surface area contributed by atoms with E-state index < -0.39 is 0 Å². The Morgan fingerprint density at radius 2 is 1.88 bits per heavy atom. The van der Waals surface area contributed by atoms with Gasteiger partial charge >= 0.3 is 0 Å². The van der Waals surface area contributed by atoms with Crippen LogP contribution in [0.1, 0.15) is 5.56 Å². The molecular formula is C14H15BrN2. The highest BCUT2D eigenvalue weighted by Gasteiger charge is 2.07. The van der Waals surface area contributed by atoms with Crippen LogP contribution < -0.4 is 10.6 Å². The normalized spacial score (nSPS) is 10.3. The molecule has 0 unspecified atom stereocenters. The summed E-state index contributed by atoms with van der Waals surface area (Å²) in [6.07, 6.45) is 0. The van der Waals surface area contributed by atoms with E-state index in [9.17, 15) is 0 Å². The average molecular weight is 291 g/mol. The summed E-state index contributed by atoms with van der Waals surface area (Å²) in [4.78, 5) is 2.09. The summed E-state index contributed by atoms with van der Waals surface area (Å²) in [7, 11) is 2.02. The van der Waals surface area contributed by atoms with Crippen LogP contribution >= 0.6 is 15.9 Å². The van der Waals surface area contributed by atoms with E-state index in [2.05, 4.69) is 46.0 Å². The van der Waals surface area contributed by atoms with E-state index in [1.54, 1.807) is 0 Å². The highest BCUT2D eigenvalue weighted by Crippen LogP contribution is 2.30. The molecule has 0 heterocycles. The van der Waals surface area contributed by atoms with Crippen molar-refractivity contribution in [2.75, 3.05) is 17.7 Å². The minimum absolute atomic E-state index is 0.790. The molecule has 2 N–H and O–H groups in total. The number of halogens is 1. The van der Waals surface area contributed by atoms with Crippen molar-refractivity contribution in [3.63, 3.8) is 0 Å². The summed E-state index contributed by atoms with van der Waals surface area (Å²) >= 11 is 3.48. The first kappa shape index (κ1) is 12.0. The van der Waals surface area contributed by atoms with Crippen LogP contribution in [0.2, 0.25) is 0 Å². The van der Waals surface area contributed by atoms with Gasteiger partial charge in [0, 0.05) is 17.2 Å². The van der Waals surface area contributed by atoms with Crippen LogP contribution in [0.25, 0.3) is 0 Å². The second-order valence-corrected chi connectivity index (χ2v) is 5.02. The summed E-state index contributed by atoms with van der Waals surface area (Å²) in [5.74, 6) is 0. The molecule has 0 bridgehead atoms. The van der Waals surface area contributed by atoms with Crippen LogP contribution in [0.3, 0.4) is 0 Å². The number of nitrogen functional groups attached to an aromatic ring is 1. The van der Waals surface area contributed by atoms with Gasteiger partial charge in [-0.2, -0.15) is 0 Å². The number of nitrogens with zero attached hydrogens (tertiary/aromatic N) is 1. The molecule has 17 heavy (non-hydrogen) atoms. The molecule has 3 heteroatoms. The fraction of sp³-hybridized carbons (Fsp3) is 0.143. The summed E-state index contributed by atoms with van der Waals surface area (Å²) in [5.41, 5.74) is 10.1. The van der Waals surface area contributed by atoms with Gasteiger partial charge in [-0.1, -0.05) is 28.1 Å². The molecular weight excluding hydrogens is 276 g/mol. The lowest BCUT2D eigenvalue weighted by Crippen LogP contribution is -2.11. The van der Waals surface area contributed by atoms with E-state index in [0.717, 1.165) is 21.5 Å². The Hall–Kier alpha value is -1.48. The lowest BCUT2D eigenvalue weighted by Gasteiger charge is -2.22. The third kappa shape index (κ3) is 2.61. The first-order chi connectivity index (χ1) is 8.08. The first-order valence-electron chi connectivity index (χ1n) is 5.43. The Bertz CT molecular complexity index is 537. The Labute approximate surface area is 110 Å². The lowest BCUT2D eigenvalue weighted by molar-refractivity contribution is 1.20. The van der Waals surface area contributed by atoms with Crippen LogP contribution in [0, 0.1) is 6.92 Å². The fourth-order valence-electron chi connectivity index (χ4n) is 1.77. The molecule has 0 fully saturated rings. The van der Waals surface area contributed by atoms with Gasteiger partial charge in [0.2, 0.25) is 0 Å². The molecule has 0 aliphatic heterocycles. The molecule has 0 aromatic heterocycles. The van der Waals surface area contributed by atoms with E-state index in [0.29, 0.717) is 0 Å². The highest BCUT2D eigenvalue weighted by atomic mass is 79.9. The molecule has 0 radical (unpaired) electrons. The van der Waals surface area contributed by atoms with Gasteiger partial charge in [-0.15, -0.1) is 0 Å².